The molecule has 0 spiro atoms. The zero-order valence-corrected chi connectivity index (χ0v) is 16.1. The summed E-state index contributed by atoms with van der Waals surface area (Å²) in [4.78, 5) is 14.5. The average Bonchev–Trinajstić information content (AvgIpc) is 2.73. The lowest BCUT2D eigenvalue weighted by Gasteiger charge is -2.28. The topological polar surface area (TPSA) is 50.8 Å². The van der Waals surface area contributed by atoms with E-state index in [1.54, 1.807) is 0 Å². The number of nitrogens with one attached hydrogen (secondary N) is 1. The molecule has 1 aliphatic rings. The van der Waals surface area contributed by atoms with Gasteiger partial charge in [0, 0.05) is 24.5 Å². The zero-order chi connectivity index (χ0) is 19.1. The fraction of sp³-hybridized carbons (Fsp3) is 0.409. The molecule has 1 amide bonds. The van der Waals surface area contributed by atoms with Crippen molar-refractivity contribution < 1.29 is 14.3 Å². The molecule has 1 fully saturated rings. The maximum atomic E-state index is 12.3. The molecule has 0 radical (unpaired) electrons. The van der Waals surface area contributed by atoms with E-state index in [4.69, 9.17) is 9.47 Å². The minimum Gasteiger partial charge on any atom is -0.483 e. The number of ether oxygens (including phenoxy) is 2. The van der Waals surface area contributed by atoms with Crippen LogP contribution in [-0.2, 0) is 9.53 Å². The van der Waals surface area contributed by atoms with E-state index >= 15 is 0 Å². The molecule has 0 unspecified atom stereocenters. The quantitative estimate of drug-likeness (QED) is 0.801. The van der Waals surface area contributed by atoms with E-state index < -0.39 is 0 Å². The minimum absolute atomic E-state index is 0.00133. The van der Waals surface area contributed by atoms with Crippen LogP contribution >= 0.6 is 0 Å². The van der Waals surface area contributed by atoms with Gasteiger partial charge >= 0.3 is 0 Å². The van der Waals surface area contributed by atoms with E-state index in [0.29, 0.717) is 5.92 Å². The maximum Gasteiger partial charge on any atom is 0.262 e. The lowest BCUT2D eigenvalue weighted by atomic mass is 9.98. The first-order chi connectivity index (χ1) is 13.2. The van der Waals surface area contributed by atoms with Crippen LogP contribution in [0.3, 0.4) is 0 Å². The molecule has 0 bridgehead atoms. The third-order valence-electron chi connectivity index (χ3n) is 4.95. The van der Waals surface area contributed by atoms with Crippen molar-refractivity contribution >= 4 is 17.3 Å². The third kappa shape index (κ3) is 5.23. The Balaban J connectivity index is 1.54. The van der Waals surface area contributed by atoms with E-state index in [9.17, 15) is 4.79 Å². The van der Waals surface area contributed by atoms with Gasteiger partial charge in [0.15, 0.2) is 6.61 Å². The highest BCUT2D eigenvalue weighted by atomic mass is 16.5. The van der Waals surface area contributed by atoms with Crippen molar-refractivity contribution in [3.63, 3.8) is 0 Å². The van der Waals surface area contributed by atoms with Crippen molar-refractivity contribution in [2.75, 3.05) is 43.1 Å². The molecule has 3 rings (SSSR count). The van der Waals surface area contributed by atoms with Gasteiger partial charge in [-0.05, 0) is 48.2 Å². The zero-order valence-electron chi connectivity index (χ0n) is 16.1. The molecule has 27 heavy (non-hydrogen) atoms. The number of anilines is 2. The molecule has 1 N–H and O–H groups in total. The van der Waals surface area contributed by atoms with Gasteiger partial charge < -0.3 is 19.7 Å². The van der Waals surface area contributed by atoms with E-state index in [2.05, 4.69) is 30.1 Å². The molecule has 2 aromatic carbocycles. The van der Waals surface area contributed by atoms with Crippen LogP contribution in [-0.4, -0.2) is 38.8 Å². The van der Waals surface area contributed by atoms with E-state index in [0.717, 1.165) is 55.4 Å². The first-order valence-corrected chi connectivity index (χ1v) is 9.61. The number of morpholine rings is 1. The van der Waals surface area contributed by atoms with Gasteiger partial charge in [-0.25, -0.2) is 0 Å². The molecule has 0 aliphatic carbocycles. The smallest absolute Gasteiger partial charge is 0.262 e. The van der Waals surface area contributed by atoms with Crippen LogP contribution in [0.4, 0.5) is 11.4 Å². The van der Waals surface area contributed by atoms with Gasteiger partial charge in [-0.1, -0.05) is 32.0 Å². The van der Waals surface area contributed by atoms with Crippen LogP contribution in [0.25, 0.3) is 0 Å². The van der Waals surface area contributed by atoms with Gasteiger partial charge in [0.25, 0.3) is 5.91 Å². The Bertz CT molecular complexity index is 739. The van der Waals surface area contributed by atoms with Crippen molar-refractivity contribution in [1.82, 2.24) is 0 Å². The first kappa shape index (κ1) is 19.2. The number of benzene rings is 2. The second-order valence-electron chi connectivity index (χ2n) is 6.83. The fourth-order valence-electron chi connectivity index (χ4n) is 3.16. The van der Waals surface area contributed by atoms with Crippen molar-refractivity contribution in [3.05, 3.63) is 54.1 Å². The lowest BCUT2D eigenvalue weighted by Crippen LogP contribution is -2.36. The summed E-state index contributed by atoms with van der Waals surface area (Å²) in [5, 5.41) is 2.90. The molecule has 144 valence electrons. The van der Waals surface area contributed by atoms with Gasteiger partial charge in [-0.3, -0.25) is 4.79 Å². The second kappa shape index (κ2) is 9.42. The fourth-order valence-corrected chi connectivity index (χ4v) is 3.16. The lowest BCUT2D eigenvalue weighted by molar-refractivity contribution is -0.118. The number of rotatable bonds is 7. The van der Waals surface area contributed by atoms with Crippen LogP contribution in [0.15, 0.2) is 48.5 Å². The molecule has 0 saturated carbocycles. The SMILES string of the molecule is CC[C@@H](C)c1ccccc1OCC(=O)Nc1ccc(N2CCOCC2)cc1. The van der Waals surface area contributed by atoms with Crippen LogP contribution in [0.5, 0.6) is 5.75 Å². The predicted molar refractivity (Wildman–Crippen MR) is 109 cm³/mol. The molecular weight excluding hydrogens is 340 g/mol. The standard InChI is InChI=1S/C22H28N2O3/c1-3-17(2)20-6-4-5-7-21(20)27-16-22(25)23-18-8-10-19(11-9-18)24-12-14-26-15-13-24/h4-11,17H,3,12-16H2,1-2H3,(H,23,25)/t17-/m1/s1. The number of para-hydroxylation sites is 1. The number of hydrogen-bond donors (Lipinski definition) is 1. The Morgan fingerprint density at radius 2 is 1.85 bits per heavy atom. The summed E-state index contributed by atoms with van der Waals surface area (Å²) in [5.41, 5.74) is 3.06. The molecule has 0 aromatic heterocycles. The van der Waals surface area contributed by atoms with Gasteiger partial charge in [0.1, 0.15) is 5.75 Å². The molecule has 1 aliphatic heterocycles. The van der Waals surface area contributed by atoms with E-state index in [1.807, 2.05) is 42.5 Å². The number of amides is 1. The van der Waals surface area contributed by atoms with E-state index in [-0.39, 0.29) is 12.5 Å². The van der Waals surface area contributed by atoms with E-state index in [1.165, 1.54) is 0 Å². The first-order valence-electron chi connectivity index (χ1n) is 9.61. The maximum absolute atomic E-state index is 12.3. The van der Waals surface area contributed by atoms with Crippen molar-refractivity contribution in [2.45, 2.75) is 26.2 Å². The van der Waals surface area contributed by atoms with Crippen LogP contribution in [0, 0.1) is 0 Å². The van der Waals surface area contributed by atoms with Gasteiger partial charge in [-0.15, -0.1) is 0 Å². The highest BCUT2D eigenvalue weighted by Crippen LogP contribution is 2.28. The molecule has 2 aromatic rings. The Morgan fingerprint density at radius 1 is 1.15 bits per heavy atom. The number of carbonyl (C=O) groups excluding carboxylic acids is 1. The van der Waals surface area contributed by atoms with Gasteiger partial charge in [-0.2, -0.15) is 0 Å². The molecular formula is C22H28N2O3. The van der Waals surface area contributed by atoms with Crippen LogP contribution in [0.2, 0.25) is 0 Å². The van der Waals surface area contributed by atoms with Crippen molar-refractivity contribution in [2.24, 2.45) is 0 Å². The summed E-state index contributed by atoms with van der Waals surface area (Å²) in [6.45, 7) is 7.62. The summed E-state index contributed by atoms with van der Waals surface area (Å²) in [6, 6.07) is 15.8. The highest BCUT2D eigenvalue weighted by Gasteiger charge is 2.13. The Labute approximate surface area is 161 Å². The Morgan fingerprint density at radius 3 is 2.56 bits per heavy atom. The van der Waals surface area contributed by atoms with Gasteiger partial charge in [0.2, 0.25) is 0 Å². The number of nitrogens with zero attached hydrogens (tertiary/aromatic N) is 1. The molecule has 1 heterocycles. The van der Waals surface area contributed by atoms with Gasteiger partial charge in [0.05, 0.1) is 13.2 Å². The third-order valence-corrected chi connectivity index (χ3v) is 4.95. The molecule has 1 atom stereocenters. The summed E-state index contributed by atoms with van der Waals surface area (Å²) in [7, 11) is 0. The highest BCUT2D eigenvalue weighted by molar-refractivity contribution is 5.92. The van der Waals surface area contributed by atoms with Crippen LogP contribution < -0.4 is 15.0 Å². The molecule has 5 nitrogen and oxygen atoms in total. The van der Waals surface area contributed by atoms with Crippen molar-refractivity contribution in [1.29, 1.82) is 0 Å². The monoisotopic (exact) mass is 368 g/mol. The molecule has 1 saturated heterocycles. The number of carbonyl (C=O) groups is 1. The summed E-state index contributed by atoms with van der Waals surface area (Å²) >= 11 is 0. The van der Waals surface area contributed by atoms with Crippen LogP contribution in [0.1, 0.15) is 31.7 Å². The summed E-state index contributed by atoms with van der Waals surface area (Å²) < 4.78 is 11.2. The largest absolute Gasteiger partial charge is 0.483 e. The van der Waals surface area contributed by atoms with Crippen molar-refractivity contribution in [3.8, 4) is 5.75 Å². The normalized spacial score (nSPS) is 15.3. The Kier molecular flexibility index (Phi) is 6.71. The second-order valence-corrected chi connectivity index (χ2v) is 6.83. The summed E-state index contributed by atoms with van der Waals surface area (Å²) in [5.74, 6) is 1.02. The number of hydrogen-bond acceptors (Lipinski definition) is 4. The minimum atomic E-state index is -0.159. The molecule has 5 heteroatoms. The Hall–Kier alpha value is -2.53. The average molecular weight is 368 g/mol. The summed E-state index contributed by atoms with van der Waals surface area (Å²) in [6.07, 6.45) is 1.03. The predicted octanol–water partition coefficient (Wildman–Crippen LogP) is 4.05.